The fourth-order valence-electron chi connectivity index (χ4n) is 3.37. The SMILES string of the molecule is CC(F)OC1C=CC=CC1=CC1CC(=O)c2nc3ccc(Br)cn3c21. The van der Waals surface area contributed by atoms with E-state index in [0.29, 0.717) is 12.1 Å². The molecule has 0 spiro atoms. The third-order valence-corrected chi connectivity index (χ3v) is 4.85. The number of hydrogen-bond donors (Lipinski definition) is 0. The van der Waals surface area contributed by atoms with E-state index < -0.39 is 12.5 Å². The van der Waals surface area contributed by atoms with Gasteiger partial charge in [-0.2, -0.15) is 0 Å². The molecule has 0 fully saturated rings. The molecule has 25 heavy (non-hydrogen) atoms. The fourth-order valence-corrected chi connectivity index (χ4v) is 3.71. The van der Waals surface area contributed by atoms with Crippen molar-refractivity contribution in [2.75, 3.05) is 0 Å². The maximum absolute atomic E-state index is 13.3. The summed E-state index contributed by atoms with van der Waals surface area (Å²) in [5, 5.41) is 0. The van der Waals surface area contributed by atoms with Crippen LogP contribution in [-0.4, -0.2) is 27.6 Å². The number of halogens is 2. The van der Waals surface area contributed by atoms with Crippen LogP contribution in [0.1, 0.15) is 35.4 Å². The molecular weight excluding hydrogens is 387 g/mol. The van der Waals surface area contributed by atoms with Gasteiger partial charge in [0.25, 0.3) is 0 Å². The number of hydrogen-bond acceptors (Lipinski definition) is 3. The van der Waals surface area contributed by atoms with E-state index in [2.05, 4.69) is 20.9 Å². The summed E-state index contributed by atoms with van der Waals surface area (Å²) < 4.78 is 21.5. The summed E-state index contributed by atoms with van der Waals surface area (Å²) in [6, 6.07) is 3.77. The minimum absolute atomic E-state index is 0.0309. The zero-order valence-electron chi connectivity index (χ0n) is 13.5. The lowest BCUT2D eigenvalue weighted by Gasteiger charge is -2.20. The first kappa shape index (κ1) is 16.4. The van der Waals surface area contributed by atoms with E-state index in [1.165, 1.54) is 6.92 Å². The van der Waals surface area contributed by atoms with Crippen molar-refractivity contribution < 1.29 is 13.9 Å². The molecule has 128 valence electrons. The standard InChI is InChI=1S/C19H16BrFN2O2/c1-11(21)25-16-5-3-2-4-12(16)8-13-9-15(24)18-19(13)23-10-14(20)6-7-17(23)22-18/h2-8,10-11,13,16H,9H2,1H3. The Morgan fingerprint density at radius 3 is 3.08 bits per heavy atom. The molecule has 0 saturated carbocycles. The summed E-state index contributed by atoms with van der Waals surface area (Å²) in [5.41, 5.74) is 2.99. The first-order valence-electron chi connectivity index (χ1n) is 8.10. The quantitative estimate of drug-likeness (QED) is 0.757. The van der Waals surface area contributed by atoms with Gasteiger partial charge in [0.15, 0.2) is 12.1 Å². The minimum atomic E-state index is -1.36. The van der Waals surface area contributed by atoms with Crippen LogP contribution in [0.15, 0.2) is 58.8 Å². The molecule has 0 bridgehead atoms. The van der Waals surface area contributed by atoms with Crippen molar-refractivity contribution in [3.63, 3.8) is 0 Å². The molecule has 3 atom stereocenters. The van der Waals surface area contributed by atoms with Crippen LogP contribution in [0, 0.1) is 0 Å². The van der Waals surface area contributed by atoms with Crippen LogP contribution in [0.3, 0.4) is 0 Å². The van der Waals surface area contributed by atoms with Gasteiger partial charge in [-0.05, 0) is 40.6 Å². The highest BCUT2D eigenvalue weighted by atomic mass is 79.9. The molecular formula is C19H16BrFN2O2. The van der Waals surface area contributed by atoms with E-state index in [1.807, 2.05) is 53.1 Å². The van der Waals surface area contributed by atoms with Crippen LogP contribution < -0.4 is 0 Å². The third-order valence-electron chi connectivity index (χ3n) is 4.38. The van der Waals surface area contributed by atoms with Gasteiger partial charge in [0, 0.05) is 23.0 Å². The van der Waals surface area contributed by atoms with Gasteiger partial charge in [-0.3, -0.25) is 4.79 Å². The average Bonchev–Trinajstić information content (AvgIpc) is 3.07. The zero-order chi connectivity index (χ0) is 17.6. The first-order valence-corrected chi connectivity index (χ1v) is 8.89. The van der Waals surface area contributed by atoms with Crippen LogP contribution in [0.5, 0.6) is 0 Å². The normalized spacial score (nSPS) is 25.1. The Morgan fingerprint density at radius 2 is 2.28 bits per heavy atom. The number of ketones is 1. The number of alkyl halides is 1. The number of nitrogens with zero attached hydrogens (tertiary/aromatic N) is 2. The van der Waals surface area contributed by atoms with Crippen molar-refractivity contribution in [2.24, 2.45) is 0 Å². The fraction of sp³-hybridized carbons (Fsp3) is 0.263. The van der Waals surface area contributed by atoms with Crippen molar-refractivity contribution in [3.05, 3.63) is 70.1 Å². The number of fused-ring (bicyclic) bond motifs is 3. The molecule has 0 aromatic carbocycles. The summed E-state index contributed by atoms with van der Waals surface area (Å²) in [6.07, 6.45) is 9.89. The van der Waals surface area contributed by atoms with Gasteiger partial charge in [-0.15, -0.1) is 0 Å². The van der Waals surface area contributed by atoms with Crippen molar-refractivity contribution >= 4 is 27.4 Å². The average molecular weight is 403 g/mol. The Bertz CT molecular complexity index is 942. The molecule has 2 aliphatic rings. The number of ether oxygens (including phenoxy) is 1. The van der Waals surface area contributed by atoms with Gasteiger partial charge in [0.1, 0.15) is 17.4 Å². The van der Waals surface area contributed by atoms with Gasteiger partial charge in [-0.1, -0.05) is 30.4 Å². The molecule has 4 nitrogen and oxygen atoms in total. The van der Waals surface area contributed by atoms with E-state index in [9.17, 15) is 9.18 Å². The van der Waals surface area contributed by atoms with Gasteiger partial charge in [0.05, 0.1) is 5.69 Å². The second-order valence-electron chi connectivity index (χ2n) is 6.17. The van der Waals surface area contributed by atoms with Gasteiger partial charge >= 0.3 is 0 Å². The smallest absolute Gasteiger partial charge is 0.196 e. The highest BCUT2D eigenvalue weighted by molar-refractivity contribution is 9.10. The van der Waals surface area contributed by atoms with Crippen molar-refractivity contribution in [3.8, 4) is 0 Å². The molecule has 2 aliphatic carbocycles. The topological polar surface area (TPSA) is 43.6 Å². The molecule has 2 aromatic heterocycles. The second kappa shape index (κ2) is 6.35. The highest BCUT2D eigenvalue weighted by Gasteiger charge is 2.34. The lowest BCUT2D eigenvalue weighted by atomic mass is 9.97. The molecule has 0 amide bonds. The molecule has 3 unspecified atom stereocenters. The Kier molecular flexibility index (Phi) is 4.17. The largest absolute Gasteiger partial charge is 0.336 e. The third kappa shape index (κ3) is 3.00. The summed E-state index contributed by atoms with van der Waals surface area (Å²) in [6.45, 7) is 1.36. The van der Waals surface area contributed by atoms with E-state index >= 15 is 0 Å². The van der Waals surface area contributed by atoms with Crippen LogP contribution in [0.2, 0.25) is 0 Å². The number of pyridine rings is 1. The van der Waals surface area contributed by atoms with Gasteiger partial charge < -0.3 is 9.14 Å². The number of carbonyl (C=O) groups is 1. The predicted octanol–water partition coefficient (Wildman–Crippen LogP) is 4.52. The minimum Gasteiger partial charge on any atom is -0.336 e. The molecule has 0 N–H and O–H groups in total. The van der Waals surface area contributed by atoms with E-state index in [-0.39, 0.29) is 11.7 Å². The maximum Gasteiger partial charge on any atom is 0.196 e. The molecule has 0 aliphatic heterocycles. The van der Waals surface area contributed by atoms with Crippen molar-refractivity contribution in [1.82, 2.24) is 9.38 Å². The van der Waals surface area contributed by atoms with Crippen molar-refractivity contribution in [2.45, 2.75) is 31.7 Å². The number of imidazole rings is 1. The number of allylic oxidation sites excluding steroid dienone is 3. The zero-order valence-corrected chi connectivity index (χ0v) is 15.1. The number of rotatable bonds is 3. The predicted molar refractivity (Wildman–Crippen MR) is 96.4 cm³/mol. The summed E-state index contributed by atoms with van der Waals surface area (Å²) in [7, 11) is 0. The summed E-state index contributed by atoms with van der Waals surface area (Å²) in [4.78, 5) is 16.9. The van der Waals surface area contributed by atoms with E-state index in [0.717, 1.165) is 21.4 Å². The Labute approximate surface area is 152 Å². The molecule has 6 heteroatoms. The highest BCUT2D eigenvalue weighted by Crippen LogP contribution is 2.37. The number of carbonyl (C=O) groups excluding carboxylic acids is 1. The summed E-state index contributed by atoms with van der Waals surface area (Å²) >= 11 is 3.46. The maximum atomic E-state index is 13.3. The number of Topliss-reactive ketones (excluding diaryl/α,β-unsaturated/α-hetero) is 1. The lowest BCUT2D eigenvalue weighted by Crippen LogP contribution is -2.18. The van der Waals surface area contributed by atoms with Crippen LogP contribution in [0.25, 0.3) is 5.65 Å². The Hall–Kier alpha value is -2.05. The molecule has 2 heterocycles. The monoisotopic (exact) mass is 402 g/mol. The van der Waals surface area contributed by atoms with Crippen LogP contribution in [-0.2, 0) is 4.74 Å². The van der Waals surface area contributed by atoms with E-state index in [1.54, 1.807) is 0 Å². The van der Waals surface area contributed by atoms with Gasteiger partial charge in [0.2, 0.25) is 0 Å². The molecule has 2 aromatic rings. The first-order chi connectivity index (χ1) is 12.0. The Balaban J connectivity index is 1.77. The summed E-state index contributed by atoms with van der Waals surface area (Å²) in [5.74, 6) is -0.0812. The van der Waals surface area contributed by atoms with Gasteiger partial charge in [-0.25, -0.2) is 9.37 Å². The molecule has 4 rings (SSSR count). The lowest BCUT2D eigenvalue weighted by molar-refractivity contribution is -0.0406. The second-order valence-corrected chi connectivity index (χ2v) is 7.08. The van der Waals surface area contributed by atoms with Crippen LogP contribution in [0.4, 0.5) is 4.39 Å². The Morgan fingerprint density at radius 1 is 1.44 bits per heavy atom. The number of aromatic nitrogens is 2. The van der Waals surface area contributed by atoms with E-state index in [4.69, 9.17) is 4.74 Å². The van der Waals surface area contributed by atoms with Crippen LogP contribution >= 0.6 is 15.9 Å². The molecule has 0 saturated heterocycles. The molecule has 0 radical (unpaired) electrons. The van der Waals surface area contributed by atoms with Crippen molar-refractivity contribution in [1.29, 1.82) is 0 Å².